The van der Waals surface area contributed by atoms with Gasteiger partial charge in [-0.2, -0.15) is 13.2 Å². The molecule has 0 saturated carbocycles. The maximum atomic E-state index is 13.0. The molecule has 25 heavy (non-hydrogen) atoms. The Morgan fingerprint density at radius 3 is 2.48 bits per heavy atom. The van der Waals surface area contributed by atoms with Gasteiger partial charge in [-0.3, -0.25) is 20.6 Å². The van der Waals surface area contributed by atoms with Gasteiger partial charge in [0.25, 0.3) is 5.91 Å². The number of carbonyl (C=O) groups excluding carboxylic acids is 1. The molecule has 7 heteroatoms. The van der Waals surface area contributed by atoms with Crippen molar-refractivity contribution < 1.29 is 18.0 Å². The first kappa shape index (κ1) is 16.8. The summed E-state index contributed by atoms with van der Waals surface area (Å²) < 4.78 is 39.0. The third-order valence-corrected chi connectivity index (χ3v) is 3.63. The average molecular weight is 345 g/mol. The van der Waals surface area contributed by atoms with Crippen LogP contribution in [0.4, 0.5) is 18.9 Å². The lowest BCUT2D eigenvalue weighted by molar-refractivity contribution is -0.137. The number of nitrogens with zero attached hydrogens (tertiary/aromatic N) is 1. The zero-order chi connectivity index (χ0) is 18.0. The predicted molar refractivity (Wildman–Crippen MR) is 89.0 cm³/mol. The number of aromatic nitrogens is 1. The van der Waals surface area contributed by atoms with Crippen molar-refractivity contribution >= 4 is 22.5 Å². The third-order valence-electron chi connectivity index (χ3n) is 3.63. The predicted octanol–water partition coefficient (Wildman–Crippen LogP) is 4.32. The normalized spacial score (nSPS) is 11.4. The van der Waals surface area contributed by atoms with Crippen LogP contribution in [0.25, 0.3) is 10.9 Å². The number of halogens is 3. The van der Waals surface area contributed by atoms with E-state index in [1.54, 1.807) is 37.3 Å². The van der Waals surface area contributed by atoms with Gasteiger partial charge in [0.2, 0.25) is 0 Å². The van der Waals surface area contributed by atoms with Crippen molar-refractivity contribution in [3.8, 4) is 0 Å². The number of pyridine rings is 1. The van der Waals surface area contributed by atoms with Crippen LogP contribution in [0, 0.1) is 6.92 Å². The molecule has 4 nitrogen and oxygen atoms in total. The number of nitrogens with one attached hydrogen (secondary N) is 2. The fourth-order valence-corrected chi connectivity index (χ4v) is 2.53. The zero-order valence-electron chi connectivity index (χ0n) is 13.2. The van der Waals surface area contributed by atoms with E-state index < -0.39 is 17.6 Å². The lowest BCUT2D eigenvalue weighted by Gasteiger charge is -2.15. The lowest BCUT2D eigenvalue weighted by Crippen LogP contribution is -2.30. The summed E-state index contributed by atoms with van der Waals surface area (Å²) in [6.45, 7) is 1.75. The Kier molecular flexibility index (Phi) is 4.31. The highest BCUT2D eigenvalue weighted by Gasteiger charge is 2.33. The van der Waals surface area contributed by atoms with Crippen LogP contribution in [0.15, 0.2) is 54.6 Å². The zero-order valence-corrected chi connectivity index (χ0v) is 13.2. The van der Waals surface area contributed by atoms with E-state index in [0.29, 0.717) is 22.2 Å². The summed E-state index contributed by atoms with van der Waals surface area (Å²) >= 11 is 0. The summed E-state index contributed by atoms with van der Waals surface area (Å²) in [4.78, 5) is 16.8. The molecule has 0 radical (unpaired) electrons. The van der Waals surface area contributed by atoms with Crippen LogP contribution in [0.1, 0.15) is 21.6 Å². The topological polar surface area (TPSA) is 54.0 Å². The van der Waals surface area contributed by atoms with Gasteiger partial charge in [-0.1, -0.05) is 30.3 Å². The molecule has 2 aromatic carbocycles. The van der Waals surface area contributed by atoms with Crippen molar-refractivity contribution in [2.45, 2.75) is 13.1 Å². The molecule has 128 valence electrons. The highest BCUT2D eigenvalue weighted by Crippen LogP contribution is 2.34. The third kappa shape index (κ3) is 3.55. The van der Waals surface area contributed by atoms with Crippen molar-refractivity contribution in [1.82, 2.24) is 10.4 Å². The quantitative estimate of drug-likeness (QED) is 0.695. The molecule has 0 saturated heterocycles. The number of anilines is 1. The van der Waals surface area contributed by atoms with Crippen molar-refractivity contribution in [3.05, 3.63) is 71.4 Å². The number of aryl methyl sites for hydroxylation is 1. The summed E-state index contributed by atoms with van der Waals surface area (Å²) in [7, 11) is 0. The second kappa shape index (κ2) is 6.43. The Hall–Kier alpha value is -3.09. The lowest BCUT2D eigenvalue weighted by atomic mass is 10.1. The van der Waals surface area contributed by atoms with E-state index in [9.17, 15) is 18.0 Å². The maximum Gasteiger partial charge on any atom is 0.418 e. The molecule has 0 aliphatic heterocycles. The smallest absolute Gasteiger partial charge is 0.298 e. The van der Waals surface area contributed by atoms with E-state index in [-0.39, 0.29) is 5.69 Å². The van der Waals surface area contributed by atoms with Crippen molar-refractivity contribution in [2.24, 2.45) is 0 Å². The molecule has 0 aliphatic rings. The highest BCUT2D eigenvalue weighted by atomic mass is 19.4. The van der Waals surface area contributed by atoms with Gasteiger partial charge in [-0.25, -0.2) is 0 Å². The maximum absolute atomic E-state index is 13.0. The number of hydrogen-bond acceptors (Lipinski definition) is 3. The Balaban J connectivity index is 1.88. The molecule has 2 N–H and O–H groups in total. The molecule has 0 fully saturated rings. The van der Waals surface area contributed by atoms with Gasteiger partial charge in [-0.05, 0) is 31.2 Å². The van der Waals surface area contributed by atoms with E-state index in [1.807, 2.05) is 0 Å². The minimum Gasteiger partial charge on any atom is -0.298 e. The molecule has 0 bridgehead atoms. The minimum absolute atomic E-state index is 0.224. The van der Waals surface area contributed by atoms with E-state index in [4.69, 9.17) is 0 Å². The van der Waals surface area contributed by atoms with Gasteiger partial charge in [0.1, 0.15) is 0 Å². The largest absolute Gasteiger partial charge is 0.418 e. The molecule has 3 aromatic rings. The Bertz CT molecular complexity index is 938. The number of alkyl halides is 3. The molecule has 1 aromatic heterocycles. The van der Waals surface area contributed by atoms with Gasteiger partial charge in [0.05, 0.1) is 22.3 Å². The molecule has 0 spiro atoms. The van der Waals surface area contributed by atoms with E-state index >= 15 is 0 Å². The van der Waals surface area contributed by atoms with Crippen LogP contribution in [0.2, 0.25) is 0 Å². The molecule has 0 unspecified atom stereocenters. The Morgan fingerprint density at radius 1 is 1.04 bits per heavy atom. The number of hydrazine groups is 1. The van der Waals surface area contributed by atoms with Crippen molar-refractivity contribution in [2.75, 3.05) is 5.43 Å². The molecule has 1 amide bonds. The van der Waals surface area contributed by atoms with Crippen LogP contribution >= 0.6 is 0 Å². The molecule has 0 atom stereocenters. The van der Waals surface area contributed by atoms with Crippen molar-refractivity contribution in [3.63, 3.8) is 0 Å². The number of hydrogen-bond donors (Lipinski definition) is 2. The fraction of sp³-hybridized carbons (Fsp3) is 0.111. The summed E-state index contributed by atoms with van der Waals surface area (Å²) in [6.07, 6.45) is -4.52. The molecular weight excluding hydrogens is 331 g/mol. The second-order valence-corrected chi connectivity index (χ2v) is 5.45. The Morgan fingerprint density at radius 2 is 1.72 bits per heavy atom. The van der Waals surface area contributed by atoms with Crippen LogP contribution in [-0.4, -0.2) is 10.9 Å². The standard InChI is InChI=1S/C18H14F3N3O/c1-11-10-13(12-6-2-4-8-15(12)22-11)17(25)24-23-16-9-5-3-7-14(16)18(19,20)21/h2-10,23H,1H3,(H,24,25). The number of carbonyl (C=O) groups is 1. The number of para-hydroxylation sites is 2. The van der Waals surface area contributed by atoms with Crippen LogP contribution in [0.5, 0.6) is 0 Å². The first-order chi connectivity index (χ1) is 11.9. The monoisotopic (exact) mass is 345 g/mol. The van der Waals surface area contributed by atoms with E-state index in [0.717, 1.165) is 6.07 Å². The van der Waals surface area contributed by atoms with Gasteiger partial charge < -0.3 is 0 Å². The highest BCUT2D eigenvalue weighted by molar-refractivity contribution is 6.06. The average Bonchev–Trinajstić information content (AvgIpc) is 2.58. The fourth-order valence-electron chi connectivity index (χ4n) is 2.53. The number of fused-ring (bicyclic) bond motifs is 1. The van der Waals surface area contributed by atoms with Crippen LogP contribution < -0.4 is 10.9 Å². The molecule has 1 heterocycles. The number of benzene rings is 2. The molecule has 3 rings (SSSR count). The molecular formula is C18H14F3N3O. The van der Waals surface area contributed by atoms with Crippen LogP contribution in [0.3, 0.4) is 0 Å². The van der Waals surface area contributed by atoms with Gasteiger partial charge >= 0.3 is 6.18 Å². The first-order valence-corrected chi connectivity index (χ1v) is 7.45. The molecule has 0 aliphatic carbocycles. The first-order valence-electron chi connectivity index (χ1n) is 7.45. The number of amides is 1. The summed E-state index contributed by atoms with van der Waals surface area (Å²) in [5, 5.41) is 0.622. The Labute approximate surface area is 141 Å². The SMILES string of the molecule is Cc1cc(C(=O)NNc2ccccc2C(F)(F)F)c2ccccc2n1. The summed E-state index contributed by atoms with van der Waals surface area (Å²) in [5.41, 5.74) is 5.23. The van der Waals surface area contributed by atoms with Gasteiger partial charge in [-0.15, -0.1) is 0 Å². The van der Waals surface area contributed by atoms with Gasteiger partial charge in [0.15, 0.2) is 0 Å². The van der Waals surface area contributed by atoms with E-state index in [1.165, 1.54) is 18.2 Å². The summed E-state index contributed by atoms with van der Waals surface area (Å²) in [5.74, 6) is -0.543. The summed E-state index contributed by atoms with van der Waals surface area (Å²) in [6, 6.07) is 13.6. The van der Waals surface area contributed by atoms with Crippen LogP contribution in [-0.2, 0) is 6.18 Å². The van der Waals surface area contributed by atoms with Crippen molar-refractivity contribution in [1.29, 1.82) is 0 Å². The van der Waals surface area contributed by atoms with Gasteiger partial charge in [0, 0.05) is 11.1 Å². The number of rotatable bonds is 3. The minimum atomic E-state index is -4.52. The van der Waals surface area contributed by atoms with E-state index in [2.05, 4.69) is 15.8 Å². The second-order valence-electron chi connectivity index (χ2n) is 5.45.